The van der Waals surface area contributed by atoms with Gasteiger partial charge in [0.1, 0.15) is 5.60 Å². The summed E-state index contributed by atoms with van der Waals surface area (Å²) in [5, 5.41) is 2.72. The smallest absolute Gasteiger partial charge is 0.407 e. The number of nitrogens with one attached hydrogen (secondary N) is 1. The maximum absolute atomic E-state index is 12.5. The fraction of sp³-hybridized carbons (Fsp3) is 0.591. The second-order valence-electron chi connectivity index (χ2n) is 7.95. The summed E-state index contributed by atoms with van der Waals surface area (Å²) in [5.74, 6) is -0.0941. The number of rotatable bonds is 7. The monoisotopic (exact) mass is 390 g/mol. The predicted molar refractivity (Wildman–Crippen MR) is 112 cm³/mol. The number of carbonyl (C=O) groups is 2. The number of alkyl carbamates (subject to hydrolysis) is 1. The molecule has 0 fully saturated rings. The molecule has 0 bridgehead atoms. The molecule has 0 heterocycles. The zero-order chi connectivity index (χ0) is 21.5. The minimum Gasteiger partial charge on any atom is -0.462 e. The van der Waals surface area contributed by atoms with Crippen molar-refractivity contribution in [2.45, 2.75) is 74.0 Å². The van der Waals surface area contributed by atoms with E-state index >= 15 is 0 Å². The Hall–Kier alpha value is -2.37. The first-order chi connectivity index (χ1) is 13.0. The first-order valence-electron chi connectivity index (χ1n) is 9.81. The van der Waals surface area contributed by atoms with Gasteiger partial charge in [-0.15, -0.1) is 0 Å². The van der Waals surface area contributed by atoms with Crippen molar-refractivity contribution in [1.29, 1.82) is 0 Å². The zero-order valence-corrected chi connectivity index (χ0v) is 18.4. The molecule has 0 spiro atoms. The molecule has 6 nitrogen and oxygen atoms in total. The lowest BCUT2D eigenvalue weighted by Gasteiger charge is -2.20. The topological polar surface area (TPSA) is 77.0 Å². The molecule has 1 aromatic rings. The number of hydrogen-bond acceptors (Lipinski definition) is 5. The molecule has 1 amide bonds. The maximum Gasteiger partial charge on any atom is 0.407 e. The Morgan fingerprint density at radius 2 is 1.86 bits per heavy atom. The Morgan fingerprint density at radius 3 is 2.39 bits per heavy atom. The minimum atomic E-state index is -0.567. The van der Waals surface area contributed by atoms with Gasteiger partial charge in [0, 0.05) is 12.3 Å². The Bertz CT molecular complexity index is 733. The van der Waals surface area contributed by atoms with Crippen molar-refractivity contribution in [2.75, 3.05) is 6.61 Å². The van der Waals surface area contributed by atoms with Gasteiger partial charge in [-0.05, 0) is 71.1 Å². The van der Waals surface area contributed by atoms with Crippen LogP contribution in [0.15, 0.2) is 17.1 Å². The van der Waals surface area contributed by atoms with Crippen LogP contribution in [0.5, 0.6) is 0 Å². The molecule has 6 heteroatoms. The van der Waals surface area contributed by atoms with Gasteiger partial charge < -0.3 is 14.8 Å². The summed E-state index contributed by atoms with van der Waals surface area (Å²) in [6.07, 6.45) is 0.471. The molecular formula is C22H34N2O4. The molecule has 0 aliphatic rings. The van der Waals surface area contributed by atoms with Gasteiger partial charge in [-0.25, -0.2) is 9.59 Å². The molecule has 1 unspecified atom stereocenters. The van der Waals surface area contributed by atoms with Crippen LogP contribution in [0.1, 0.15) is 76.4 Å². The first-order valence-corrected chi connectivity index (χ1v) is 9.81. The van der Waals surface area contributed by atoms with Crippen LogP contribution in [0.25, 0.3) is 0 Å². The van der Waals surface area contributed by atoms with Crippen LogP contribution in [0.3, 0.4) is 0 Å². The van der Waals surface area contributed by atoms with Gasteiger partial charge in [0.2, 0.25) is 0 Å². The summed E-state index contributed by atoms with van der Waals surface area (Å²) < 4.78 is 10.5. The van der Waals surface area contributed by atoms with Crippen LogP contribution in [-0.2, 0) is 16.0 Å². The summed E-state index contributed by atoms with van der Waals surface area (Å²) >= 11 is 0. The molecule has 156 valence electrons. The van der Waals surface area contributed by atoms with Crippen molar-refractivity contribution in [3.05, 3.63) is 28.8 Å². The number of hydrogen-bond donors (Lipinski definition) is 1. The third-order valence-electron chi connectivity index (χ3n) is 4.31. The molecule has 1 N–H and O–H groups in total. The number of aliphatic imine (C=N–C) groups is 1. The Morgan fingerprint density at radius 1 is 1.21 bits per heavy atom. The van der Waals surface area contributed by atoms with Gasteiger partial charge in [-0.3, -0.25) is 4.99 Å². The summed E-state index contributed by atoms with van der Waals surface area (Å²) in [7, 11) is 0. The lowest BCUT2D eigenvalue weighted by atomic mass is 10.0. The molecule has 0 saturated carbocycles. The zero-order valence-electron chi connectivity index (χ0n) is 18.4. The molecule has 0 radical (unpaired) electrons. The number of aryl methyl sites for hydroxylation is 1. The van der Waals surface area contributed by atoms with Gasteiger partial charge in [-0.2, -0.15) is 0 Å². The van der Waals surface area contributed by atoms with E-state index in [1.54, 1.807) is 13.0 Å². The van der Waals surface area contributed by atoms with Crippen molar-refractivity contribution < 1.29 is 19.1 Å². The number of amides is 1. The second kappa shape index (κ2) is 10.2. The average Bonchev–Trinajstić information content (AvgIpc) is 2.59. The van der Waals surface area contributed by atoms with Crippen molar-refractivity contribution in [3.63, 3.8) is 0 Å². The van der Waals surface area contributed by atoms with Gasteiger partial charge in [0.25, 0.3) is 0 Å². The van der Waals surface area contributed by atoms with Crippen LogP contribution in [-0.4, -0.2) is 30.0 Å². The minimum absolute atomic E-state index is 0.247. The maximum atomic E-state index is 12.5. The lowest BCUT2D eigenvalue weighted by molar-refractivity contribution is 0.0518. The van der Waals surface area contributed by atoms with E-state index in [4.69, 9.17) is 14.5 Å². The highest BCUT2D eigenvalue weighted by atomic mass is 16.6. The highest BCUT2D eigenvalue weighted by Crippen LogP contribution is 2.28. The highest BCUT2D eigenvalue weighted by Gasteiger charge is 2.19. The van der Waals surface area contributed by atoms with Crippen LogP contribution >= 0.6 is 0 Å². The molecule has 0 aromatic heterocycles. The van der Waals surface area contributed by atoms with Gasteiger partial charge in [0.05, 0.1) is 17.9 Å². The first kappa shape index (κ1) is 23.7. The van der Waals surface area contributed by atoms with Gasteiger partial charge >= 0.3 is 12.1 Å². The number of nitrogens with zero attached hydrogens (tertiary/aromatic N) is 1. The second-order valence-corrected chi connectivity index (χ2v) is 7.95. The Labute approximate surface area is 168 Å². The Kier molecular flexibility index (Phi) is 8.66. The van der Waals surface area contributed by atoms with Gasteiger partial charge in [0.15, 0.2) is 0 Å². The molecule has 0 aliphatic carbocycles. The molecule has 1 atom stereocenters. The van der Waals surface area contributed by atoms with E-state index in [9.17, 15) is 9.59 Å². The summed E-state index contributed by atoms with van der Waals surface area (Å²) in [5.41, 5.74) is 3.07. The van der Waals surface area contributed by atoms with Crippen molar-refractivity contribution in [2.24, 2.45) is 10.9 Å². The molecule has 1 aromatic carbocycles. The van der Waals surface area contributed by atoms with E-state index in [0.29, 0.717) is 17.2 Å². The van der Waals surface area contributed by atoms with Crippen molar-refractivity contribution in [3.8, 4) is 0 Å². The average molecular weight is 391 g/mol. The molecular weight excluding hydrogens is 356 g/mol. The SMILES string of the molecule is CCOC(=O)c1cc(CNC(=O)OC(C)(C)C)cc(C)c1N=C(C)C(C)CC. The third-order valence-corrected chi connectivity index (χ3v) is 4.31. The van der Waals surface area contributed by atoms with Crippen LogP contribution in [0, 0.1) is 12.8 Å². The van der Waals surface area contributed by atoms with E-state index in [0.717, 1.165) is 23.3 Å². The van der Waals surface area contributed by atoms with Crippen LogP contribution in [0.4, 0.5) is 10.5 Å². The standard InChI is InChI=1S/C22H34N2O4/c1-9-14(3)16(5)24-19-15(4)11-17(12-18(19)20(25)27-10-2)13-23-21(26)28-22(6,7)8/h11-12,14H,9-10,13H2,1-8H3,(H,23,26). The normalized spacial score (nSPS) is 13.1. The molecule has 0 aliphatic heterocycles. The number of benzene rings is 1. The quantitative estimate of drug-likeness (QED) is 0.504. The number of esters is 1. The fourth-order valence-electron chi connectivity index (χ4n) is 2.54. The van der Waals surface area contributed by atoms with E-state index in [1.807, 2.05) is 40.7 Å². The van der Waals surface area contributed by atoms with E-state index in [2.05, 4.69) is 19.2 Å². The number of carbonyl (C=O) groups excluding carboxylic acids is 2. The summed E-state index contributed by atoms with van der Waals surface area (Å²) in [6, 6.07) is 3.65. The van der Waals surface area contributed by atoms with Gasteiger partial charge in [-0.1, -0.05) is 19.9 Å². The largest absolute Gasteiger partial charge is 0.462 e. The summed E-state index contributed by atoms with van der Waals surface area (Å²) in [4.78, 5) is 29.1. The van der Waals surface area contributed by atoms with E-state index in [-0.39, 0.29) is 13.2 Å². The molecule has 28 heavy (non-hydrogen) atoms. The Balaban J connectivity index is 3.20. The molecule has 0 saturated heterocycles. The fourth-order valence-corrected chi connectivity index (χ4v) is 2.54. The highest BCUT2D eigenvalue weighted by molar-refractivity contribution is 5.98. The predicted octanol–water partition coefficient (Wildman–Crippen LogP) is 5.33. The molecule has 1 rings (SSSR count). The van der Waals surface area contributed by atoms with Crippen LogP contribution < -0.4 is 5.32 Å². The van der Waals surface area contributed by atoms with E-state index < -0.39 is 17.7 Å². The van der Waals surface area contributed by atoms with Crippen LogP contribution in [0.2, 0.25) is 0 Å². The third kappa shape index (κ3) is 7.33. The number of ether oxygens (including phenoxy) is 2. The lowest BCUT2D eigenvalue weighted by Crippen LogP contribution is -2.32. The van der Waals surface area contributed by atoms with Crippen molar-refractivity contribution in [1.82, 2.24) is 5.32 Å². The van der Waals surface area contributed by atoms with E-state index in [1.165, 1.54) is 0 Å². The summed E-state index contributed by atoms with van der Waals surface area (Å²) in [6.45, 7) is 15.8. The van der Waals surface area contributed by atoms with Crippen molar-refractivity contribution >= 4 is 23.5 Å².